The summed E-state index contributed by atoms with van der Waals surface area (Å²) in [6.07, 6.45) is 11.8. The summed E-state index contributed by atoms with van der Waals surface area (Å²) < 4.78 is 0. The molecule has 1 aliphatic heterocycles. The smallest absolute Gasteiger partial charge is 0.0173 e. The van der Waals surface area contributed by atoms with Crippen LogP contribution in [0, 0.1) is 11.8 Å². The second-order valence-corrected chi connectivity index (χ2v) is 4.23. The van der Waals surface area contributed by atoms with Gasteiger partial charge in [0.1, 0.15) is 0 Å². The molecule has 3 rings (SSSR count). The van der Waals surface area contributed by atoms with Crippen LogP contribution < -0.4 is 5.32 Å². The first-order valence-electron chi connectivity index (χ1n) is 5.23. The molecule has 0 aromatic heterocycles. The van der Waals surface area contributed by atoms with Crippen molar-refractivity contribution < 1.29 is 0 Å². The van der Waals surface area contributed by atoms with Crippen molar-refractivity contribution in [3.63, 3.8) is 0 Å². The molecule has 0 radical (unpaired) electrons. The van der Waals surface area contributed by atoms with Gasteiger partial charge in [-0.25, -0.2) is 0 Å². The van der Waals surface area contributed by atoms with E-state index >= 15 is 0 Å². The van der Waals surface area contributed by atoms with Gasteiger partial charge in [0.2, 0.25) is 0 Å². The minimum Gasteiger partial charge on any atom is -0.313 e. The van der Waals surface area contributed by atoms with E-state index in [1.54, 1.807) is 11.1 Å². The van der Waals surface area contributed by atoms with E-state index in [0.29, 0.717) is 0 Å². The average Bonchev–Trinajstić information content (AvgIpc) is 2.56. The fourth-order valence-electron chi connectivity index (χ4n) is 2.86. The van der Waals surface area contributed by atoms with Crippen LogP contribution >= 0.6 is 0 Å². The van der Waals surface area contributed by atoms with Crippen LogP contribution in [0.1, 0.15) is 12.8 Å². The Morgan fingerprint density at radius 2 is 2.31 bits per heavy atom. The van der Waals surface area contributed by atoms with Gasteiger partial charge in [0.05, 0.1) is 0 Å². The Hall–Kier alpha value is -0.820. The molecular weight excluding hydrogens is 158 g/mol. The number of allylic oxidation sites excluding steroid dienone is 5. The van der Waals surface area contributed by atoms with Crippen molar-refractivity contribution >= 4 is 0 Å². The molecule has 0 saturated carbocycles. The zero-order valence-electron chi connectivity index (χ0n) is 7.79. The molecule has 2 aliphatic carbocycles. The van der Waals surface area contributed by atoms with Crippen LogP contribution in [0.5, 0.6) is 0 Å². The number of hydrogen-bond acceptors (Lipinski definition) is 1. The van der Waals surface area contributed by atoms with Crippen LogP contribution in [0.3, 0.4) is 0 Å². The van der Waals surface area contributed by atoms with Crippen molar-refractivity contribution in [2.45, 2.75) is 12.8 Å². The van der Waals surface area contributed by atoms with E-state index in [0.717, 1.165) is 18.4 Å². The zero-order valence-corrected chi connectivity index (χ0v) is 7.79. The van der Waals surface area contributed by atoms with Crippen LogP contribution in [-0.2, 0) is 0 Å². The number of nitrogens with one attached hydrogen (secondary N) is 1. The largest absolute Gasteiger partial charge is 0.313 e. The highest BCUT2D eigenvalue weighted by molar-refractivity contribution is 5.42. The standard InChI is InChI=1S/C12H15N/c1-2-4-11-9(3-1)7-10-5-6-13-8-12(10)11/h1-4,9-10,13H,5-8H2. The lowest BCUT2D eigenvalue weighted by atomic mass is 9.93. The molecule has 0 aromatic rings. The summed E-state index contributed by atoms with van der Waals surface area (Å²) in [6.45, 7) is 2.34. The predicted octanol–water partition coefficient (Wildman–Crippen LogP) is 2.04. The van der Waals surface area contributed by atoms with Crippen molar-refractivity contribution in [2.24, 2.45) is 11.8 Å². The van der Waals surface area contributed by atoms with Crippen LogP contribution in [0.25, 0.3) is 0 Å². The average molecular weight is 173 g/mol. The maximum Gasteiger partial charge on any atom is 0.0173 e. The van der Waals surface area contributed by atoms with E-state index in [-0.39, 0.29) is 0 Å². The molecule has 0 amide bonds. The van der Waals surface area contributed by atoms with Gasteiger partial charge in [-0.1, -0.05) is 24.3 Å². The minimum atomic E-state index is 0.741. The van der Waals surface area contributed by atoms with Gasteiger partial charge in [-0.15, -0.1) is 0 Å². The summed E-state index contributed by atoms with van der Waals surface area (Å²) in [4.78, 5) is 0. The predicted molar refractivity (Wildman–Crippen MR) is 54.4 cm³/mol. The summed E-state index contributed by atoms with van der Waals surface area (Å²) >= 11 is 0. The van der Waals surface area contributed by atoms with Gasteiger partial charge >= 0.3 is 0 Å². The molecule has 0 aromatic carbocycles. The Bertz CT molecular complexity index is 309. The van der Waals surface area contributed by atoms with E-state index in [9.17, 15) is 0 Å². The molecule has 1 heteroatoms. The van der Waals surface area contributed by atoms with Crippen LogP contribution in [0.15, 0.2) is 35.5 Å². The van der Waals surface area contributed by atoms with E-state index < -0.39 is 0 Å². The van der Waals surface area contributed by atoms with E-state index in [1.807, 2.05) is 0 Å². The second-order valence-electron chi connectivity index (χ2n) is 4.23. The normalized spacial score (nSPS) is 36.3. The highest BCUT2D eigenvalue weighted by atomic mass is 14.9. The molecule has 68 valence electrons. The van der Waals surface area contributed by atoms with Crippen LogP contribution in [-0.4, -0.2) is 13.1 Å². The SMILES string of the molecule is C1=CC2=C3CNCCC3CC2C=C1. The fourth-order valence-corrected chi connectivity index (χ4v) is 2.86. The molecule has 1 saturated heterocycles. The Balaban J connectivity index is 2.00. The van der Waals surface area contributed by atoms with Gasteiger partial charge in [-0.3, -0.25) is 0 Å². The van der Waals surface area contributed by atoms with Crippen molar-refractivity contribution in [3.8, 4) is 0 Å². The van der Waals surface area contributed by atoms with Crippen LogP contribution in [0.4, 0.5) is 0 Å². The number of fused-ring (bicyclic) bond motifs is 2. The lowest BCUT2D eigenvalue weighted by Crippen LogP contribution is -2.28. The minimum absolute atomic E-state index is 0.741. The summed E-state index contributed by atoms with van der Waals surface area (Å²) in [5.41, 5.74) is 3.30. The van der Waals surface area contributed by atoms with Crippen molar-refractivity contribution in [3.05, 3.63) is 35.5 Å². The molecule has 1 fully saturated rings. The van der Waals surface area contributed by atoms with E-state index in [4.69, 9.17) is 0 Å². The van der Waals surface area contributed by atoms with Gasteiger partial charge < -0.3 is 5.32 Å². The first-order valence-corrected chi connectivity index (χ1v) is 5.23. The third-order valence-electron chi connectivity index (χ3n) is 3.52. The molecule has 1 N–H and O–H groups in total. The van der Waals surface area contributed by atoms with Gasteiger partial charge in [-0.05, 0) is 36.5 Å². The van der Waals surface area contributed by atoms with E-state index in [2.05, 4.69) is 29.6 Å². The summed E-state index contributed by atoms with van der Waals surface area (Å²) in [6, 6.07) is 0. The Labute approximate surface area is 79.2 Å². The maximum absolute atomic E-state index is 3.47. The van der Waals surface area contributed by atoms with Gasteiger partial charge in [0.25, 0.3) is 0 Å². The maximum atomic E-state index is 3.47. The number of rotatable bonds is 0. The van der Waals surface area contributed by atoms with Crippen LogP contribution in [0.2, 0.25) is 0 Å². The molecule has 2 atom stereocenters. The Morgan fingerprint density at radius 1 is 1.31 bits per heavy atom. The zero-order chi connectivity index (χ0) is 8.67. The molecule has 2 unspecified atom stereocenters. The van der Waals surface area contributed by atoms with Crippen molar-refractivity contribution in [2.75, 3.05) is 13.1 Å². The topological polar surface area (TPSA) is 12.0 Å². The summed E-state index contributed by atoms with van der Waals surface area (Å²) in [7, 11) is 0. The first-order chi connectivity index (χ1) is 6.45. The van der Waals surface area contributed by atoms with Crippen molar-refractivity contribution in [1.29, 1.82) is 0 Å². The molecular formula is C12H15N. The fraction of sp³-hybridized carbons (Fsp3) is 0.500. The highest BCUT2D eigenvalue weighted by Crippen LogP contribution is 2.42. The molecule has 1 nitrogen and oxygen atoms in total. The first kappa shape index (κ1) is 7.57. The third-order valence-corrected chi connectivity index (χ3v) is 3.52. The lowest BCUT2D eigenvalue weighted by Gasteiger charge is -2.21. The highest BCUT2D eigenvalue weighted by Gasteiger charge is 2.32. The molecule has 13 heavy (non-hydrogen) atoms. The van der Waals surface area contributed by atoms with Gasteiger partial charge in [-0.2, -0.15) is 0 Å². The summed E-state index contributed by atoms with van der Waals surface area (Å²) in [5.74, 6) is 1.62. The number of piperidine rings is 1. The number of hydrogen-bond donors (Lipinski definition) is 1. The van der Waals surface area contributed by atoms with Crippen molar-refractivity contribution in [1.82, 2.24) is 5.32 Å². The summed E-state index contributed by atoms with van der Waals surface area (Å²) in [5, 5.41) is 3.47. The lowest BCUT2D eigenvalue weighted by molar-refractivity contribution is 0.453. The molecule has 0 spiro atoms. The quantitative estimate of drug-likeness (QED) is 0.591. The third kappa shape index (κ3) is 1.11. The molecule has 0 bridgehead atoms. The van der Waals surface area contributed by atoms with Gasteiger partial charge in [0, 0.05) is 12.5 Å². The van der Waals surface area contributed by atoms with Gasteiger partial charge in [0.15, 0.2) is 0 Å². The second kappa shape index (κ2) is 2.85. The monoisotopic (exact) mass is 173 g/mol. The Kier molecular flexibility index (Phi) is 1.66. The molecule has 1 heterocycles. The Morgan fingerprint density at radius 3 is 3.31 bits per heavy atom. The van der Waals surface area contributed by atoms with E-state index in [1.165, 1.54) is 19.4 Å². The molecule has 3 aliphatic rings.